The van der Waals surface area contributed by atoms with Gasteiger partial charge in [0.05, 0.1) is 12.2 Å². The molecule has 7 nitrogen and oxygen atoms in total. The van der Waals surface area contributed by atoms with E-state index in [9.17, 15) is 4.79 Å². The standard InChI is InChI=1S/C18H26N6O/c1-5-20-18(22-11-16-12(2)23-24(4)13(16)3)21-10-14-7-6-8-15(9-14)17(19)25/h6-9H,5,10-11H2,1-4H3,(H2,19,25)(H2,20,21,22). The Morgan fingerprint density at radius 1 is 1.32 bits per heavy atom. The zero-order valence-electron chi connectivity index (χ0n) is 15.3. The highest BCUT2D eigenvalue weighted by atomic mass is 16.1. The topological polar surface area (TPSA) is 97.3 Å². The monoisotopic (exact) mass is 342 g/mol. The fraction of sp³-hybridized carbons (Fsp3) is 0.389. The predicted molar refractivity (Wildman–Crippen MR) is 99.3 cm³/mol. The van der Waals surface area contributed by atoms with Gasteiger partial charge < -0.3 is 16.4 Å². The lowest BCUT2D eigenvalue weighted by Crippen LogP contribution is -2.37. The van der Waals surface area contributed by atoms with Crippen molar-refractivity contribution in [3.05, 3.63) is 52.3 Å². The SMILES string of the molecule is CCNC(=NCc1cccc(C(N)=O)c1)NCc1c(C)nn(C)c1C. The van der Waals surface area contributed by atoms with Gasteiger partial charge in [0, 0.05) is 37.0 Å². The van der Waals surface area contributed by atoms with Crippen molar-refractivity contribution in [3.63, 3.8) is 0 Å². The van der Waals surface area contributed by atoms with Crippen LogP contribution in [-0.4, -0.2) is 28.2 Å². The number of aliphatic imine (C=N–C) groups is 1. The number of carbonyl (C=O) groups excluding carboxylic acids is 1. The van der Waals surface area contributed by atoms with Crippen LogP contribution in [0.3, 0.4) is 0 Å². The number of amides is 1. The van der Waals surface area contributed by atoms with Gasteiger partial charge in [-0.3, -0.25) is 9.48 Å². The van der Waals surface area contributed by atoms with Crippen LogP contribution >= 0.6 is 0 Å². The average Bonchev–Trinajstić information content (AvgIpc) is 2.83. The zero-order chi connectivity index (χ0) is 18.4. The molecule has 0 saturated heterocycles. The van der Waals surface area contributed by atoms with E-state index in [-0.39, 0.29) is 0 Å². The molecule has 0 saturated carbocycles. The minimum Gasteiger partial charge on any atom is -0.366 e. The first-order valence-corrected chi connectivity index (χ1v) is 8.32. The summed E-state index contributed by atoms with van der Waals surface area (Å²) in [6.45, 7) is 7.95. The van der Waals surface area contributed by atoms with Crippen LogP contribution in [0.25, 0.3) is 0 Å². The molecule has 0 unspecified atom stereocenters. The second-order valence-electron chi connectivity index (χ2n) is 5.89. The molecule has 0 aliphatic carbocycles. The van der Waals surface area contributed by atoms with E-state index in [1.54, 1.807) is 12.1 Å². The van der Waals surface area contributed by atoms with Crippen molar-refractivity contribution < 1.29 is 4.79 Å². The molecule has 0 aliphatic rings. The van der Waals surface area contributed by atoms with E-state index >= 15 is 0 Å². The lowest BCUT2D eigenvalue weighted by molar-refractivity contribution is 0.1000. The number of nitrogens with zero attached hydrogens (tertiary/aromatic N) is 3. The highest BCUT2D eigenvalue weighted by Gasteiger charge is 2.09. The Bertz CT molecular complexity index is 778. The summed E-state index contributed by atoms with van der Waals surface area (Å²) in [5.41, 5.74) is 10.1. The Morgan fingerprint density at radius 2 is 2.08 bits per heavy atom. The zero-order valence-corrected chi connectivity index (χ0v) is 15.3. The number of guanidine groups is 1. The molecule has 0 fully saturated rings. The van der Waals surface area contributed by atoms with Crippen LogP contribution in [0.1, 0.15) is 39.8 Å². The maximum atomic E-state index is 11.3. The van der Waals surface area contributed by atoms with Crippen molar-refractivity contribution in [1.29, 1.82) is 0 Å². The molecule has 0 spiro atoms. The third-order valence-electron chi connectivity index (χ3n) is 4.07. The van der Waals surface area contributed by atoms with Gasteiger partial charge in [-0.25, -0.2) is 4.99 Å². The molecular weight excluding hydrogens is 316 g/mol. The number of nitrogens with one attached hydrogen (secondary N) is 2. The minimum absolute atomic E-state index is 0.432. The molecule has 2 aromatic rings. The number of benzene rings is 1. The molecule has 1 amide bonds. The Hall–Kier alpha value is -2.83. The van der Waals surface area contributed by atoms with Gasteiger partial charge >= 0.3 is 0 Å². The smallest absolute Gasteiger partial charge is 0.248 e. The molecule has 7 heteroatoms. The Balaban J connectivity index is 2.08. The van der Waals surface area contributed by atoms with Crippen molar-refractivity contribution in [2.24, 2.45) is 17.8 Å². The summed E-state index contributed by atoms with van der Waals surface area (Å²) in [4.78, 5) is 15.9. The number of hydrogen-bond acceptors (Lipinski definition) is 3. The summed E-state index contributed by atoms with van der Waals surface area (Å²) in [5, 5.41) is 11.0. The quantitative estimate of drug-likeness (QED) is 0.546. The fourth-order valence-electron chi connectivity index (χ4n) is 2.58. The van der Waals surface area contributed by atoms with Crippen molar-refractivity contribution in [2.45, 2.75) is 33.9 Å². The summed E-state index contributed by atoms with van der Waals surface area (Å²) in [6, 6.07) is 7.21. The third kappa shape index (κ3) is 4.82. The molecule has 1 aromatic carbocycles. The van der Waals surface area contributed by atoms with Gasteiger partial charge in [0.15, 0.2) is 5.96 Å². The molecule has 25 heavy (non-hydrogen) atoms. The van der Waals surface area contributed by atoms with Gasteiger partial charge in [-0.2, -0.15) is 5.10 Å². The minimum atomic E-state index is -0.432. The van der Waals surface area contributed by atoms with Gasteiger partial charge in [-0.1, -0.05) is 12.1 Å². The molecule has 1 heterocycles. The van der Waals surface area contributed by atoms with Gasteiger partial charge in [0.25, 0.3) is 0 Å². The van der Waals surface area contributed by atoms with Crippen LogP contribution < -0.4 is 16.4 Å². The van der Waals surface area contributed by atoms with E-state index in [0.29, 0.717) is 18.7 Å². The van der Waals surface area contributed by atoms with Crippen molar-refractivity contribution in [1.82, 2.24) is 20.4 Å². The number of aryl methyl sites for hydroxylation is 2. The molecule has 134 valence electrons. The van der Waals surface area contributed by atoms with Crippen molar-refractivity contribution in [2.75, 3.05) is 6.54 Å². The Kier molecular flexibility index (Phi) is 6.16. The first-order valence-electron chi connectivity index (χ1n) is 8.32. The van der Waals surface area contributed by atoms with Crippen LogP contribution in [0.2, 0.25) is 0 Å². The van der Waals surface area contributed by atoms with E-state index in [2.05, 4.69) is 27.6 Å². The summed E-state index contributed by atoms with van der Waals surface area (Å²) in [6.07, 6.45) is 0. The lowest BCUT2D eigenvalue weighted by atomic mass is 10.1. The summed E-state index contributed by atoms with van der Waals surface area (Å²) in [5.74, 6) is 0.285. The first-order chi connectivity index (χ1) is 11.9. The maximum absolute atomic E-state index is 11.3. The van der Waals surface area contributed by atoms with E-state index in [4.69, 9.17) is 5.73 Å². The molecule has 2 rings (SSSR count). The van der Waals surface area contributed by atoms with E-state index in [1.807, 2.05) is 37.7 Å². The lowest BCUT2D eigenvalue weighted by Gasteiger charge is -2.12. The first kappa shape index (κ1) is 18.5. The maximum Gasteiger partial charge on any atom is 0.248 e. The van der Waals surface area contributed by atoms with Gasteiger partial charge in [-0.05, 0) is 38.5 Å². The number of hydrogen-bond donors (Lipinski definition) is 3. The average molecular weight is 342 g/mol. The number of primary amides is 1. The van der Waals surface area contributed by atoms with Crippen LogP contribution in [0.15, 0.2) is 29.3 Å². The fourth-order valence-corrected chi connectivity index (χ4v) is 2.58. The Morgan fingerprint density at radius 3 is 2.68 bits per heavy atom. The number of nitrogens with two attached hydrogens (primary N) is 1. The summed E-state index contributed by atoms with van der Waals surface area (Å²) >= 11 is 0. The van der Waals surface area contributed by atoms with Gasteiger partial charge in [-0.15, -0.1) is 0 Å². The number of aromatic nitrogens is 2. The predicted octanol–water partition coefficient (Wildman–Crippen LogP) is 1.39. The number of carbonyl (C=O) groups is 1. The summed E-state index contributed by atoms with van der Waals surface area (Å²) < 4.78 is 1.88. The largest absolute Gasteiger partial charge is 0.366 e. The molecule has 0 atom stereocenters. The van der Waals surface area contributed by atoms with Crippen LogP contribution in [0.5, 0.6) is 0 Å². The van der Waals surface area contributed by atoms with Crippen LogP contribution in [-0.2, 0) is 20.1 Å². The van der Waals surface area contributed by atoms with Crippen LogP contribution in [0, 0.1) is 13.8 Å². The highest BCUT2D eigenvalue weighted by Crippen LogP contribution is 2.11. The van der Waals surface area contributed by atoms with E-state index in [1.165, 1.54) is 5.56 Å². The molecule has 4 N–H and O–H groups in total. The molecular formula is C18H26N6O. The molecule has 0 bridgehead atoms. The van der Waals surface area contributed by atoms with Crippen LogP contribution in [0.4, 0.5) is 0 Å². The van der Waals surface area contributed by atoms with E-state index < -0.39 is 5.91 Å². The third-order valence-corrected chi connectivity index (χ3v) is 4.07. The Labute approximate surface area is 148 Å². The normalized spacial score (nSPS) is 11.4. The van der Waals surface area contributed by atoms with Crippen molar-refractivity contribution in [3.8, 4) is 0 Å². The van der Waals surface area contributed by atoms with E-state index in [0.717, 1.165) is 29.5 Å². The second kappa shape index (κ2) is 8.32. The van der Waals surface area contributed by atoms with Crippen molar-refractivity contribution >= 4 is 11.9 Å². The highest BCUT2D eigenvalue weighted by molar-refractivity contribution is 5.92. The second-order valence-corrected chi connectivity index (χ2v) is 5.89. The molecule has 0 radical (unpaired) electrons. The summed E-state index contributed by atoms with van der Waals surface area (Å²) in [7, 11) is 1.94. The molecule has 0 aliphatic heterocycles. The van der Waals surface area contributed by atoms with Gasteiger partial charge in [0.1, 0.15) is 0 Å². The van der Waals surface area contributed by atoms with Gasteiger partial charge in [0.2, 0.25) is 5.91 Å². The molecule has 1 aromatic heterocycles. The number of rotatable bonds is 6.